The van der Waals surface area contributed by atoms with Gasteiger partial charge in [-0.15, -0.1) is 0 Å². The molecule has 0 aliphatic rings. The van der Waals surface area contributed by atoms with Gasteiger partial charge in [0.05, 0.1) is 0 Å². The maximum atomic E-state index is 11.0. The summed E-state index contributed by atoms with van der Waals surface area (Å²) in [6.45, 7) is -1.27. The monoisotopic (exact) mass is 298 g/mol. The van der Waals surface area contributed by atoms with Gasteiger partial charge in [0.25, 0.3) is 5.41 Å². The Morgan fingerprint density at radius 2 is 1.38 bits per heavy atom. The molecule has 0 amide bonds. The Morgan fingerprint density at radius 1 is 0.905 bits per heavy atom. The third kappa shape index (κ3) is 2.91. The summed E-state index contributed by atoms with van der Waals surface area (Å²) in [5.74, 6) is -8.11. The van der Waals surface area contributed by atoms with Crippen LogP contribution in [0.2, 0.25) is 0 Å². The Balaban J connectivity index is 3.15. The van der Waals surface area contributed by atoms with E-state index in [-0.39, 0.29) is 11.3 Å². The standard InChI is InChI=1S/C12H10O9/c13-8(14)6-3-1-2-4-7(6)21-5-12(9(15)16,10(17)18)11(19)20/h1-4H,5H2,(H,13,14)(H,15,16)(H,17,18)(H,19,20). The molecule has 9 heteroatoms. The second kappa shape index (κ2) is 5.90. The zero-order valence-corrected chi connectivity index (χ0v) is 10.3. The van der Waals surface area contributed by atoms with Gasteiger partial charge < -0.3 is 25.2 Å². The molecule has 0 saturated carbocycles. The van der Waals surface area contributed by atoms with Crippen molar-refractivity contribution in [2.24, 2.45) is 5.41 Å². The third-order valence-electron chi connectivity index (χ3n) is 2.66. The summed E-state index contributed by atoms with van der Waals surface area (Å²) in [6, 6.07) is 5.03. The first-order valence-corrected chi connectivity index (χ1v) is 5.38. The number of aromatic carboxylic acids is 1. The van der Waals surface area contributed by atoms with Gasteiger partial charge >= 0.3 is 23.9 Å². The Hall–Kier alpha value is -3.10. The fourth-order valence-electron chi connectivity index (χ4n) is 1.41. The van der Waals surface area contributed by atoms with E-state index in [1.165, 1.54) is 12.1 Å². The van der Waals surface area contributed by atoms with Crippen molar-refractivity contribution >= 4 is 23.9 Å². The number of aliphatic carboxylic acids is 3. The van der Waals surface area contributed by atoms with Crippen LogP contribution < -0.4 is 4.74 Å². The molecule has 1 aromatic carbocycles. The molecule has 0 bridgehead atoms. The van der Waals surface area contributed by atoms with E-state index in [0.717, 1.165) is 12.1 Å². The molecule has 0 aromatic heterocycles. The molecule has 0 unspecified atom stereocenters. The smallest absolute Gasteiger partial charge is 0.339 e. The number of carboxylic acids is 4. The van der Waals surface area contributed by atoms with Gasteiger partial charge in [0.2, 0.25) is 0 Å². The average molecular weight is 298 g/mol. The Kier molecular flexibility index (Phi) is 4.49. The molecule has 0 fully saturated rings. The van der Waals surface area contributed by atoms with Crippen molar-refractivity contribution in [3.05, 3.63) is 29.8 Å². The highest BCUT2D eigenvalue weighted by Gasteiger charge is 2.56. The van der Waals surface area contributed by atoms with E-state index in [4.69, 9.17) is 25.2 Å². The molecule has 0 radical (unpaired) electrons. The maximum absolute atomic E-state index is 11.0. The minimum Gasteiger partial charge on any atom is -0.490 e. The first-order chi connectivity index (χ1) is 9.73. The predicted octanol–water partition coefficient (Wildman–Crippen LogP) is 0.00380. The van der Waals surface area contributed by atoms with Crippen LogP contribution in [0.4, 0.5) is 0 Å². The van der Waals surface area contributed by atoms with E-state index in [9.17, 15) is 19.2 Å². The van der Waals surface area contributed by atoms with Crippen molar-refractivity contribution in [2.45, 2.75) is 0 Å². The Bertz CT molecular complexity index is 568. The number of para-hydroxylation sites is 1. The van der Waals surface area contributed by atoms with Crippen molar-refractivity contribution in [1.82, 2.24) is 0 Å². The molecule has 0 spiro atoms. The van der Waals surface area contributed by atoms with Crippen molar-refractivity contribution in [1.29, 1.82) is 0 Å². The minimum absolute atomic E-state index is 0.335. The van der Waals surface area contributed by atoms with E-state index < -0.39 is 35.9 Å². The fourth-order valence-corrected chi connectivity index (χ4v) is 1.41. The first-order valence-electron chi connectivity index (χ1n) is 5.38. The van der Waals surface area contributed by atoms with Gasteiger partial charge in [-0.1, -0.05) is 12.1 Å². The van der Waals surface area contributed by atoms with Gasteiger partial charge in [-0.2, -0.15) is 0 Å². The quantitative estimate of drug-likeness (QED) is 0.508. The second-order valence-electron chi connectivity index (χ2n) is 3.91. The SMILES string of the molecule is O=C(O)c1ccccc1OCC(C(=O)O)(C(=O)O)C(=O)O. The maximum Gasteiger partial charge on any atom is 0.339 e. The van der Waals surface area contributed by atoms with Gasteiger partial charge in [0.15, 0.2) is 0 Å². The van der Waals surface area contributed by atoms with Gasteiger partial charge in [-0.05, 0) is 12.1 Å². The zero-order chi connectivity index (χ0) is 16.2. The van der Waals surface area contributed by atoms with Crippen LogP contribution in [0, 0.1) is 5.41 Å². The molecule has 0 aliphatic heterocycles. The first kappa shape index (κ1) is 16.0. The van der Waals surface area contributed by atoms with Crippen molar-refractivity contribution in [3.8, 4) is 5.75 Å². The van der Waals surface area contributed by atoms with Crippen LogP contribution in [-0.4, -0.2) is 50.9 Å². The van der Waals surface area contributed by atoms with Crippen molar-refractivity contribution < 1.29 is 44.3 Å². The minimum atomic E-state index is -3.23. The van der Waals surface area contributed by atoms with Crippen LogP contribution in [-0.2, 0) is 14.4 Å². The van der Waals surface area contributed by atoms with E-state index >= 15 is 0 Å². The Labute approximate surface area is 117 Å². The number of carbonyl (C=O) groups is 4. The number of carboxylic acid groups (broad SMARTS) is 4. The molecule has 0 atom stereocenters. The number of hydrogen-bond acceptors (Lipinski definition) is 5. The van der Waals surface area contributed by atoms with Gasteiger partial charge in [-0.25, -0.2) is 4.79 Å². The van der Waals surface area contributed by atoms with Crippen LogP contribution in [0.3, 0.4) is 0 Å². The molecular formula is C12H10O9. The number of hydrogen-bond donors (Lipinski definition) is 4. The van der Waals surface area contributed by atoms with Crippen LogP contribution in [0.15, 0.2) is 24.3 Å². The summed E-state index contributed by atoms with van der Waals surface area (Å²) in [5, 5.41) is 35.5. The lowest BCUT2D eigenvalue weighted by molar-refractivity contribution is -0.177. The van der Waals surface area contributed by atoms with E-state index in [0.29, 0.717) is 0 Å². The lowest BCUT2D eigenvalue weighted by Gasteiger charge is -2.20. The highest BCUT2D eigenvalue weighted by Crippen LogP contribution is 2.24. The molecule has 112 valence electrons. The van der Waals surface area contributed by atoms with Crippen molar-refractivity contribution in [2.75, 3.05) is 6.61 Å². The molecule has 0 heterocycles. The van der Waals surface area contributed by atoms with Crippen molar-refractivity contribution in [3.63, 3.8) is 0 Å². The van der Waals surface area contributed by atoms with Crippen LogP contribution in [0.25, 0.3) is 0 Å². The topological polar surface area (TPSA) is 158 Å². The molecule has 0 aliphatic carbocycles. The largest absolute Gasteiger partial charge is 0.490 e. The molecule has 0 saturated heterocycles. The fraction of sp³-hybridized carbons (Fsp3) is 0.167. The third-order valence-corrected chi connectivity index (χ3v) is 2.66. The lowest BCUT2D eigenvalue weighted by atomic mass is 9.89. The number of benzene rings is 1. The molecule has 1 rings (SSSR count). The van der Waals surface area contributed by atoms with E-state index in [1.807, 2.05) is 0 Å². The van der Waals surface area contributed by atoms with Crippen LogP contribution >= 0.6 is 0 Å². The highest BCUT2D eigenvalue weighted by atomic mass is 16.5. The molecular weight excluding hydrogens is 288 g/mol. The summed E-state index contributed by atoms with van der Waals surface area (Å²) >= 11 is 0. The zero-order valence-electron chi connectivity index (χ0n) is 10.3. The summed E-state index contributed by atoms with van der Waals surface area (Å²) in [4.78, 5) is 43.9. The summed E-state index contributed by atoms with van der Waals surface area (Å²) < 4.78 is 4.82. The molecule has 9 nitrogen and oxygen atoms in total. The molecule has 21 heavy (non-hydrogen) atoms. The van der Waals surface area contributed by atoms with Crippen LogP contribution in [0.5, 0.6) is 5.75 Å². The van der Waals surface area contributed by atoms with E-state index in [2.05, 4.69) is 0 Å². The average Bonchev–Trinajstić information content (AvgIpc) is 2.38. The summed E-state index contributed by atoms with van der Waals surface area (Å²) in [6.07, 6.45) is 0. The Morgan fingerprint density at radius 3 is 1.81 bits per heavy atom. The molecule has 4 N–H and O–H groups in total. The highest BCUT2D eigenvalue weighted by molar-refractivity contribution is 6.16. The number of ether oxygens (including phenoxy) is 1. The molecule has 1 aromatic rings. The van der Waals surface area contributed by atoms with Gasteiger partial charge in [-0.3, -0.25) is 14.4 Å². The van der Waals surface area contributed by atoms with Crippen LogP contribution in [0.1, 0.15) is 10.4 Å². The summed E-state index contributed by atoms with van der Waals surface area (Å²) in [5.41, 5.74) is -3.58. The predicted molar refractivity (Wildman–Crippen MR) is 64.2 cm³/mol. The lowest BCUT2D eigenvalue weighted by Crippen LogP contribution is -2.50. The van der Waals surface area contributed by atoms with E-state index in [1.54, 1.807) is 0 Å². The normalized spacial score (nSPS) is 10.7. The van der Waals surface area contributed by atoms with Gasteiger partial charge in [0.1, 0.15) is 17.9 Å². The number of rotatable bonds is 7. The summed E-state index contributed by atoms with van der Waals surface area (Å²) in [7, 11) is 0. The van der Waals surface area contributed by atoms with Gasteiger partial charge in [0, 0.05) is 0 Å². The second-order valence-corrected chi connectivity index (χ2v) is 3.91.